The molecule has 120 valence electrons. The van der Waals surface area contributed by atoms with E-state index in [1.165, 1.54) is 21.3 Å². The van der Waals surface area contributed by atoms with Gasteiger partial charge in [0.25, 0.3) is 0 Å². The number of hydrogen-bond donors (Lipinski definition) is 1. The molecule has 0 saturated heterocycles. The summed E-state index contributed by atoms with van der Waals surface area (Å²) in [6, 6.07) is 3.27. The summed E-state index contributed by atoms with van der Waals surface area (Å²) >= 11 is 0. The van der Waals surface area contributed by atoms with Crippen molar-refractivity contribution in [2.45, 2.75) is 19.9 Å². The fraction of sp³-hybridized carbons (Fsp3) is 0.571. The van der Waals surface area contributed by atoms with Gasteiger partial charge in [0.1, 0.15) is 0 Å². The van der Waals surface area contributed by atoms with Gasteiger partial charge in [-0.05, 0) is 6.92 Å². The second-order valence-corrected chi connectivity index (χ2v) is 7.06. The van der Waals surface area contributed by atoms with Crippen LogP contribution in [0.1, 0.15) is 13.8 Å². The van der Waals surface area contributed by atoms with Crippen molar-refractivity contribution in [1.82, 2.24) is 0 Å². The number of hydrogen-bond acceptors (Lipinski definition) is 6. The topological polar surface area (TPSA) is 73.9 Å². The van der Waals surface area contributed by atoms with E-state index < -0.39 is 9.84 Å². The average Bonchev–Trinajstić information content (AvgIpc) is 2.45. The molecule has 0 aliphatic carbocycles. The second-order valence-electron chi connectivity index (χ2n) is 4.66. The van der Waals surface area contributed by atoms with E-state index in [4.69, 9.17) is 14.2 Å². The van der Waals surface area contributed by atoms with Crippen molar-refractivity contribution in [3.63, 3.8) is 0 Å². The van der Waals surface area contributed by atoms with Crippen molar-refractivity contribution in [2.75, 3.05) is 38.2 Å². The summed E-state index contributed by atoms with van der Waals surface area (Å²) in [4.78, 5) is 0. The third-order valence-corrected chi connectivity index (χ3v) is 4.91. The normalized spacial score (nSPS) is 12.6. The van der Waals surface area contributed by atoms with Gasteiger partial charge in [0, 0.05) is 29.6 Å². The summed E-state index contributed by atoms with van der Waals surface area (Å²) in [6.07, 6.45) is 0. The van der Waals surface area contributed by atoms with Crippen molar-refractivity contribution in [2.24, 2.45) is 0 Å². The molecule has 0 aromatic heterocycles. The van der Waals surface area contributed by atoms with Crippen molar-refractivity contribution in [1.29, 1.82) is 0 Å². The Balaban J connectivity index is 2.98. The molecule has 0 spiro atoms. The maximum atomic E-state index is 11.6. The second kappa shape index (κ2) is 7.40. The van der Waals surface area contributed by atoms with Crippen LogP contribution in [-0.4, -0.2) is 47.3 Å². The fourth-order valence-electron chi connectivity index (χ4n) is 1.99. The quantitative estimate of drug-likeness (QED) is 0.790. The zero-order chi connectivity index (χ0) is 16.0. The lowest BCUT2D eigenvalue weighted by Gasteiger charge is -2.18. The van der Waals surface area contributed by atoms with Crippen molar-refractivity contribution in [3.05, 3.63) is 12.1 Å². The van der Waals surface area contributed by atoms with Crippen LogP contribution in [-0.2, 0) is 9.84 Å². The van der Waals surface area contributed by atoms with Gasteiger partial charge in [-0.15, -0.1) is 0 Å². The summed E-state index contributed by atoms with van der Waals surface area (Å²) < 4.78 is 39.0. The minimum atomic E-state index is -3.03. The number of sulfone groups is 1. The standard InChI is InChI=1S/C14H23NO5S/c1-6-21(16,17)9-10(2)15-11-7-12(18-3)14(20-5)13(8-11)19-4/h7-8,10,15H,6,9H2,1-5H3. The minimum absolute atomic E-state index is 0.0696. The first-order valence-electron chi connectivity index (χ1n) is 6.63. The lowest BCUT2D eigenvalue weighted by molar-refractivity contribution is 0.324. The van der Waals surface area contributed by atoms with Crippen LogP contribution in [0.2, 0.25) is 0 Å². The van der Waals surface area contributed by atoms with E-state index >= 15 is 0 Å². The Kier molecular flexibility index (Phi) is 6.14. The van der Waals surface area contributed by atoms with E-state index in [2.05, 4.69) is 5.32 Å². The first-order chi connectivity index (χ1) is 9.86. The van der Waals surface area contributed by atoms with Crippen molar-refractivity contribution < 1.29 is 22.6 Å². The van der Waals surface area contributed by atoms with Crippen molar-refractivity contribution >= 4 is 15.5 Å². The van der Waals surface area contributed by atoms with Gasteiger partial charge in [0.05, 0.1) is 27.1 Å². The SMILES string of the molecule is CCS(=O)(=O)CC(C)Nc1cc(OC)c(OC)c(OC)c1. The molecule has 0 amide bonds. The third-order valence-electron chi connectivity index (χ3n) is 3.02. The Bertz CT molecular complexity index is 546. The molecule has 6 nitrogen and oxygen atoms in total. The molecule has 0 aliphatic rings. The summed E-state index contributed by atoms with van der Waals surface area (Å²) in [5.74, 6) is 1.74. The maximum Gasteiger partial charge on any atom is 0.203 e. The summed E-state index contributed by atoms with van der Waals surface area (Å²) in [6.45, 7) is 3.46. The molecule has 21 heavy (non-hydrogen) atoms. The summed E-state index contributed by atoms with van der Waals surface area (Å²) in [5.41, 5.74) is 0.711. The highest BCUT2D eigenvalue weighted by atomic mass is 32.2. The minimum Gasteiger partial charge on any atom is -0.493 e. The highest BCUT2D eigenvalue weighted by Gasteiger charge is 2.17. The van der Waals surface area contributed by atoms with Crippen LogP contribution < -0.4 is 19.5 Å². The van der Waals surface area contributed by atoms with Crippen LogP contribution in [0.3, 0.4) is 0 Å². The molecule has 0 heterocycles. The molecule has 1 rings (SSSR count). The molecule has 1 N–H and O–H groups in total. The fourth-order valence-corrected chi connectivity index (χ4v) is 3.07. The lowest BCUT2D eigenvalue weighted by Crippen LogP contribution is -2.26. The Morgan fingerprint density at radius 1 is 1.10 bits per heavy atom. The zero-order valence-corrected chi connectivity index (χ0v) is 13.9. The molecule has 0 saturated carbocycles. The molecule has 7 heteroatoms. The summed E-state index contributed by atoms with van der Waals surface area (Å²) in [5, 5.41) is 3.14. The van der Waals surface area contributed by atoms with Gasteiger partial charge < -0.3 is 19.5 Å². The van der Waals surface area contributed by atoms with Crippen LogP contribution in [0.25, 0.3) is 0 Å². The van der Waals surface area contributed by atoms with Gasteiger partial charge in [-0.3, -0.25) is 0 Å². The molecular formula is C14H23NO5S. The predicted octanol–water partition coefficient (Wildman–Crippen LogP) is 1.95. The highest BCUT2D eigenvalue weighted by molar-refractivity contribution is 7.91. The molecule has 0 fully saturated rings. The Hall–Kier alpha value is -1.63. The first-order valence-corrected chi connectivity index (χ1v) is 8.46. The average molecular weight is 317 g/mol. The van der Waals surface area contributed by atoms with E-state index in [-0.39, 0.29) is 17.5 Å². The molecule has 0 aliphatic heterocycles. The van der Waals surface area contributed by atoms with Crippen LogP contribution in [0, 0.1) is 0 Å². The van der Waals surface area contributed by atoms with Crippen LogP contribution in [0.4, 0.5) is 5.69 Å². The maximum absolute atomic E-state index is 11.6. The molecule has 1 aromatic rings. The number of anilines is 1. The zero-order valence-electron chi connectivity index (χ0n) is 13.1. The number of nitrogens with one attached hydrogen (secondary N) is 1. The van der Waals surface area contributed by atoms with Crippen molar-refractivity contribution in [3.8, 4) is 17.2 Å². The molecule has 1 atom stereocenters. The Labute approximate surface area is 126 Å². The van der Waals surface area contributed by atoms with Gasteiger partial charge in [0.2, 0.25) is 5.75 Å². The Morgan fingerprint density at radius 2 is 1.62 bits per heavy atom. The third kappa shape index (κ3) is 4.70. The lowest BCUT2D eigenvalue weighted by atomic mass is 10.2. The van der Waals surface area contributed by atoms with Crippen LogP contribution in [0.5, 0.6) is 17.2 Å². The first kappa shape index (κ1) is 17.4. The predicted molar refractivity (Wildman–Crippen MR) is 83.5 cm³/mol. The van der Waals surface area contributed by atoms with E-state index in [1.807, 2.05) is 6.92 Å². The number of ether oxygens (including phenoxy) is 3. The largest absolute Gasteiger partial charge is 0.493 e. The number of benzene rings is 1. The molecular weight excluding hydrogens is 294 g/mol. The van der Waals surface area contributed by atoms with E-state index in [0.717, 1.165) is 0 Å². The van der Waals surface area contributed by atoms with Crippen LogP contribution in [0.15, 0.2) is 12.1 Å². The van der Waals surface area contributed by atoms with Gasteiger partial charge in [-0.1, -0.05) is 6.92 Å². The molecule has 1 aromatic carbocycles. The Morgan fingerprint density at radius 3 is 2.00 bits per heavy atom. The molecule has 0 radical (unpaired) electrons. The van der Waals surface area contributed by atoms with Crippen LogP contribution >= 0.6 is 0 Å². The van der Waals surface area contributed by atoms with E-state index in [0.29, 0.717) is 22.9 Å². The van der Waals surface area contributed by atoms with Gasteiger partial charge >= 0.3 is 0 Å². The van der Waals surface area contributed by atoms with Gasteiger partial charge in [-0.25, -0.2) is 8.42 Å². The van der Waals surface area contributed by atoms with Gasteiger partial charge in [-0.2, -0.15) is 0 Å². The van der Waals surface area contributed by atoms with Gasteiger partial charge in [0.15, 0.2) is 21.3 Å². The van der Waals surface area contributed by atoms with E-state index in [1.54, 1.807) is 19.1 Å². The monoisotopic (exact) mass is 317 g/mol. The smallest absolute Gasteiger partial charge is 0.203 e. The molecule has 1 unspecified atom stereocenters. The number of rotatable bonds is 8. The number of methoxy groups -OCH3 is 3. The molecule has 0 bridgehead atoms. The van der Waals surface area contributed by atoms with E-state index in [9.17, 15) is 8.42 Å². The highest BCUT2D eigenvalue weighted by Crippen LogP contribution is 2.40. The summed E-state index contributed by atoms with van der Waals surface area (Å²) in [7, 11) is 1.57.